The van der Waals surface area contributed by atoms with Gasteiger partial charge in [-0.1, -0.05) is 5.16 Å². The predicted octanol–water partition coefficient (Wildman–Crippen LogP) is 3.04. The second kappa shape index (κ2) is 4.29. The molecule has 96 valence electrons. The van der Waals surface area contributed by atoms with Crippen molar-refractivity contribution in [1.82, 2.24) is 5.16 Å². The van der Waals surface area contributed by atoms with E-state index in [4.69, 9.17) is 15.0 Å². The number of nitrogens with two attached hydrogens (primary N) is 1. The second-order valence-corrected chi connectivity index (χ2v) is 3.92. The number of anilines is 1. The smallest absolute Gasteiger partial charge is 0.270 e. The summed E-state index contributed by atoms with van der Waals surface area (Å²) in [6.45, 7) is 0.827. The zero-order chi connectivity index (χ0) is 13.3. The molecule has 6 heteroatoms. The highest BCUT2D eigenvalue weighted by atomic mass is 19.3. The summed E-state index contributed by atoms with van der Waals surface area (Å²) in [5.41, 5.74) is 5.70. The molecule has 0 fully saturated rings. The van der Waals surface area contributed by atoms with Crippen molar-refractivity contribution in [2.24, 2.45) is 0 Å². The molecule has 0 saturated heterocycles. The molecule has 2 N–H and O–H groups in total. The van der Waals surface area contributed by atoms with Crippen LogP contribution in [0.2, 0.25) is 0 Å². The van der Waals surface area contributed by atoms with E-state index in [1.807, 2.05) is 0 Å². The number of nitrogen functional groups attached to an aromatic ring is 1. The van der Waals surface area contributed by atoms with E-state index in [-0.39, 0.29) is 17.1 Å². The van der Waals surface area contributed by atoms with Gasteiger partial charge in [0.15, 0.2) is 11.6 Å². The lowest BCUT2D eigenvalue weighted by molar-refractivity contribution is 0.0175. The monoisotopic (exact) mass is 254 g/mol. The van der Waals surface area contributed by atoms with Crippen LogP contribution >= 0.6 is 0 Å². The van der Waals surface area contributed by atoms with E-state index < -0.39 is 5.92 Å². The molecule has 2 aromatic rings. The molecule has 0 aliphatic carbocycles. The maximum atomic E-state index is 13.3. The summed E-state index contributed by atoms with van der Waals surface area (Å²) in [4.78, 5) is 0. The molecule has 0 unspecified atom stereocenters. The molecule has 2 rings (SSSR count). The Morgan fingerprint density at radius 1 is 1.33 bits per heavy atom. The van der Waals surface area contributed by atoms with Gasteiger partial charge in [0.05, 0.1) is 12.7 Å². The highest BCUT2D eigenvalue weighted by Gasteiger charge is 2.26. The third kappa shape index (κ3) is 2.27. The van der Waals surface area contributed by atoms with Gasteiger partial charge in [-0.2, -0.15) is 0 Å². The topological polar surface area (TPSA) is 61.3 Å². The largest absolute Gasteiger partial charge is 0.496 e. The molecule has 18 heavy (non-hydrogen) atoms. The first kappa shape index (κ1) is 12.3. The number of ether oxygens (including phenoxy) is 1. The summed E-state index contributed by atoms with van der Waals surface area (Å²) >= 11 is 0. The van der Waals surface area contributed by atoms with Gasteiger partial charge in [0.25, 0.3) is 5.92 Å². The van der Waals surface area contributed by atoms with E-state index in [0.717, 1.165) is 6.92 Å². The number of benzene rings is 1. The zero-order valence-electron chi connectivity index (χ0n) is 9.91. The number of aromatic nitrogens is 1. The van der Waals surface area contributed by atoms with Gasteiger partial charge in [-0.05, 0) is 18.2 Å². The predicted molar refractivity (Wildman–Crippen MR) is 62.5 cm³/mol. The van der Waals surface area contributed by atoms with Crippen LogP contribution in [0.3, 0.4) is 0 Å². The number of methoxy groups -OCH3 is 1. The molecule has 0 aliphatic rings. The fraction of sp³-hybridized carbons (Fsp3) is 0.250. The molecule has 0 amide bonds. The highest BCUT2D eigenvalue weighted by molar-refractivity contribution is 5.68. The van der Waals surface area contributed by atoms with Crippen LogP contribution in [0.4, 0.5) is 14.6 Å². The normalized spacial score (nSPS) is 11.6. The molecule has 0 atom stereocenters. The van der Waals surface area contributed by atoms with Crippen LogP contribution in [0.1, 0.15) is 12.5 Å². The van der Waals surface area contributed by atoms with Crippen LogP contribution in [-0.2, 0) is 5.92 Å². The maximum Gasteiger partial charge on any atom is 0.270 e. The van der Waals surface area contributed by atoms with E-state index in [0.29, 0.717) is 11.3 Å². The van der Waals surface area contributed by atoms with Crippen LogP contribution < -0.4 is 10.5 Å². The molecule has 1 aromatic carbocycles. The number of rotatable bonds is 3. The molecule has 4 nitrogen and oxygen atoms in total. The Bertz CT molecular complexity index is 561. The average molecular weight is 254 g/mol. The van der Waals surface area contributed by atoms with E-state index >= 15 is 0 Å². The third-order valence-corrected chi connectivity index (χ3v) is 2.50. The van der Waals surface area contributed by atoms with Crippen LogP contribution in [0.25, 0.3) is 11.3 Å². The van der Waals surface area contributed by atoms with Crippen molar-refractivity contribution in [2.75, 3.05) is 12.8 Å². The van der Waals surface area contributed by atoms with Gasteiger partial charge in [0.1, 0.15) is 5.75 Å². The minimum Gasteiger partial charge on any atom is -0.496 e. The summed E-state index contributed by atoms with van der Waals surface area (Å²) in [7, 11) is 1.45. The fourth-order valence-corrected chi connectivity index (χ4v) is 1.59. The Hall–Kier alpha value is -2.11. The van der Waals surface area contributed by atoms with Crippen LogP contribution in [-0.4, -0.2) is 12.3 Å². The van der Waals surface area contributed by atoms with Gasteiger partial charge in [-0.3, -0.25) is 0 Å². The Labute approximate surface area is 102 Å². The van der Waals surface area contributed by atoms with Crippen molar-refractivity contribution < 1.29 is 18.0 Å². The molecular weight excluding hydrogens is 242 g/mol. The zero-order valence-corrected chi connectivity index (χ0v) is 9.91. The Kier molecular flexibility index (Phi) is 2.94. The van der Waals surface area contributed by atoms with Crippen molar-refractivity contribution in [3.63, 3.8) is 0 Å². The number of hydrogen-bond acceptors (Lipinski definition) is 4. The molecule has 0 spiro atoms. The maximum absolute atomic E-state index is 13.3. The summed E-state index contributed by atoms with van der Waals surface area (Å²) in [5.74, 6) is -2.05. The van der Waals surface area contributed by atoms with Gasteiger partial charge in [0, 0.05) is 18.6 Å². The molecule has 0 aliphatic heterocycles. The van der Waals surface area contributed by atoms with Crippen molar-refractivity contribution in [3.8, 4) is 17.1 Å². The molecular formula is C12H12F2N2O2. The minimum absolute atomic E-state index is 0.131. The lowest BCUT2D eigenvalue weighted by Gasteiger charge is -2.13. The van der Waals surface area contributed by atoms with Crippen LogP contribution in [0.5, 0.6) is 5.75 Å². The number of nitrogens with zero attached hydrogens (tertiary/aromatic N) is 1. The second-order valence-electron chi connectivity index (χ2n) is 3.92. The average Bonchev–Trinajstić information content (AvgIpc) is 2.73. The first-order valence-electron chi connectivity index (χ1n) is 5.20. The number of hydrogen-bond donors (Lipinski definition) is 1. The number of alkyl halides is 2. The van der Waals surface area contributed by atoms with Gasteiger partial charge >= 0.3 is 0 Å². The summed E-state index contributed by atoms with van der Waals surface area (Å²) < 4.78 is 36.6. The van der Waals surface area contributed by atoms with E-state index in [2.05, 4.69) is 5.16 Å². The van der Waals surface area contributed by atoms with Crippen molar-refractivity contribution >= 4 is 5.82 Å². The molecule has 1 aromatic heterocycles. The summed E-state index contributed by atoms with van der Waals surface area (Å²) in [5, 5.41) is 3.52. The van der Waals surface area contributed by atoms with Crippen molar-refractivity contribution in [1.29, 1.82) is 0 Å². The fourth-order valence-electron chi connectivity index (χ4n) is 1.59. The van der Waals surface area contributed by atoms with E-state index in [1.54, 1.807) is 0 Å². The Morgan fingerprint density at radius 2 is 2.06 bits per heavy atom. The first-order valence-corrected chi connectivity index (χ1v) is 5.20. The Balaban J connectivity index is 2.56. The molecule has 1 heterocycles. The van der Waals surface area contributed by atoms with Crippen molar-refractivity contribution in [3.05, 3.63) is 29.8 Å². The summed E-state index contributed by atoms with van der Waals surface area (Å²) in [6, 6.07) is 5.52. The van der Waals surface area contributed by atoms with E-state index in [1.165, 1.54) is 31.4 Å². The molecule has 0 radical (unpaired) electrons. The standard InChI is InChI=1S/C12H12F2N2O2/c1-12(13,14)7-3-4-9(17-2)8(5-7)10-6-11(15)16-18-10/h3-6H,1-2H3,(H2,15,16). The first-order chi connectivity index (χ1) is 8.41. The molecule has 0 saturated carbocycles. The van der Waals surface area contributed by atoms with Crippen LogP contribution in [0, 0.1) is 0 Å². The van der Waals surface area contributed by atoms with Gasteiger partial charge < -0.3 is 15.0 Å². The highest BCUT2D eigenvalue weighted by Crippen LogP contribution is 2.36. The lowest BCUT2D eigenvalue weighted by Crippen LogP contribution is -2.07. The Morgan fingerprint density at radius 3 is 2.56 bits per heavy atom. The number of halogens is 2. The quantitative estimate of drug-likeness (QED) is 0.914. The third-order valence-electron chi connectivity index (χ3n) is 2.50. The van der Waals surface area contributed by atoms with Gasteiger partial charge in [0.2, 0.25) is 0 Å². The van der Waals surface area contributed by atoms with Gasteiger partial charge in [-0.25, -0.2) is 8.78 Å². The van der Waals surface area contributed by atoms with Crippen LogP contribution in [0.15, 0.2) is 28.8 Å². The minimum atomic E-state index is -2.94. The lowest BCUT2D eigenvalue weighted by atomic mass is 10.0. The van der Waals surface area contributed by atoms with E-state index in [9.17, 15) is 8.78 Å². The molecule has 0 bridgehead atoms. The van der Waals surface area contributed by atoms with Crippen molar-refractivity contribution in [2.45, 2.75) is 12.8 Å². The SMILES string of the molecule is COc1ccc(C(C)(F)F)cc1-c1cc(N)no1. The van der Waals surface area contributed by atoms with Gasteiger partial charge in [-0.15, -0.1) is 0 Å². The summed E-state index contributed by atoms with van der Waals surface area (Å²) in [6.07, 6.45) is 0.